The maximum atomic E-state index is 13.3. The minimum atomic E-state index is -3.11. The molecule has 0 bridgehead atoms. The summed E-state index contributed by atoms with van der Waals surface area (Å²) in [6, 6.07) is 5.28. The van der Waals surface area contributed by atoms with Crippen LogP contribution in [-0.4, -0.2) is 66.4 Å². The predicted octanol–water partition coefficient (Wildman–Crippen LogP) is 1.90. The first-order valence-corrected chi connectivity index (χ1v) is 11.3. The molecule has 1 aromatic rings. The molecule has 0 aromatic heterocycles. The molecule has 0 saturated carbocycles. The minimum Gasteiger partial charge on any atom is -0.342 e. The minimum absolute atomic E-state index is 0.0588. The first-order valence-electron chi connectivity index (χ1n) is 8.63. The van der Waals surface area contributed by atoms with Crippen molar-refractivity contribution in [1.82, 2.24) is 9.80 Å². The molecule has 0 radical (unpaired) electrons. The van der Waals surface area contributed by atoms with E-state index >= 15 is 0 Å². The number of imide groups is 1. The normalized spacial score (nSPS) is 22.9. The molecule has 10 heteroatoms. The number of halogens is 1. The van der Waals surface area contributed by atoms with Crippen LogP contribution in [-0.2, 0) is 19.4 Å². The maximum absolute atomic E-state index is 13.3. The average molecular weight is 426 g/mol. The second-order valence-corrected chi connectivity index (χ2v) is 9.92. The Morgan fingerprint density at radius 3 is 2.79 bits per heavy atom. The molecule has 0 N–H and O–H groups in total. The van der Waals surface area contributed by atoms with E-state index < -0.39 is 26.8 Å². The third-order valence-electron chi connectivity index (χ3n) is 4.72. The summed E-state index contributed by atoms with van der Waals surface area (Å²) in [5.74, 6) is -1.31. The largest absolute Gasteiger partial charge is 0.342 e. The van der Waals surface area contributed by atoms with Crippen molar-refractivity contribution in [2.45, 2.75) is 18.9 Å². The molecule has 2 heterocycles. The number of sulfone groups is 1. The molecule has 3 rings (SSSR count). The van der Waals surface area contributed by atoms with Crippen LogP contribution in [0.1, 0.15) is 18.4 Å². The summed E-state index contributed by atoms with van der Waals surface area (Å²) in [4.78, 5) is 39.4. The molecular formula is C18H19FN2O5S2. The molecule has 28 heavy (non-hydrogen) atoms. The molecule has 2 aliphatic rings. The fraction of sp³-hybridized carbons (Fsp3) is 0.389. The summed E-state index contributed by atoms with van der Waals surface area (Å²) in [5, 5.41) is -0.494. The molecule has 1 unspecified atom stereocenters. The van der Waals surface area contributed by atoms with Gasteiger partial charge >= 0.3 is 0 Å². The lowest BCUT2D eigenvalue weighted by Crippen LogP contribution is -2.40. The van der Waals surface area contributed by atoms with Gasteiger partial charge in [-0.05, 0) is 42.0 Å². The summed E-state index contributed by atoms with van der Waals surface area (Å²) in [6.45, 7) is -0.0895. The van der Waals surface area contributed by atoms with Crippen LogP contribution in [0.3, 0.4) is 0 Å². The van der Waals surface area contributed by atoms with Gasteiger partial charge in [0.15, 0.2) is 9.84 Å². The van der Waals surface area contributed by atoms with Crippen molar-refractivity contribution in [1.29, 1.82) is 0 Å². The van der Waals surface area contributed by atoms with E-state index in [9.17, 15) is 27.2 Å². The molecule has 2 aliphatic heterocycles. The van der Waals surface area contributed by atoms with Crippen molar-refractivity contribution < 1.29 is 27.2 Å². The standard InChI is InChI=1S/C18H19FN2O5S2/c1-20(14-6-8-28(25,26)11-14)16(22)5-7-21-17(23)15(27-18(21)24)10-12-3-2-4-13(19)9-12/h2-4,9-10,14H,5-8,11H2,1H3. The number of nitrogens with zero attached hydrogens (tertiary/aromatic N) is 2. The van der Waals surface area contributed by atoms with E-state index in [0.717, 1.165) is 16.7 Å². The molecule has 0 spiro atoms. The van der Waals surface area contributed by atoms with E-state index in [0.29, 0.717) is 12.0 Å². The van der Waals surface area contributed by atoms with Crippen molar-refractivity contribution in [3.8, 4) is 0 Å². The molecule has 2 saturated heterocycles. The van der Waals surface area contributed by atoms with Gasteiger partial charge in [0.25, 0.3) is 11.1 Å². The monoisotopic (exact) mass is 426 g/mol. The zero-order valence-electron chi connectivity index (χ0n) is 15.1. The highest BCUT2D eigenvalue weighted by Crippen LogP contribution is 2.32. The van der Waals surface area contributed by atoms with Gasteiger partial charge in [-0.3, -0.25) is 19.3 Å². The Kier molecular flexibility index (Phi) is 5.90. The average Bonchev–Trinajstić information content (AvgIpc) is 3.11. The lowest BCUT2D eigenvalue weighted by Gasteiger charge is -2.24. The number of hydrogen-bond acceptors (Lipinski definition) is 6. The molecule has 2 fully saturated rings. The first kappa shape index (κ1) is 20.5. The Morgan fingerprint density at radius 1 is 1.39 bits per heavy atom. The highest BCUT2D eigenvalue weighted by Gasteiger charge is 2.36. The van der Waals surface area contributed by atoms with Gasteiger partial charge in [0, 0.05) is 26.1 Å². The number of hydrogen-bond donors (Lipinski definition) is 0. The molecule has 3 amide bonds. The van der Waals surface area contributed by atoms with Crippen LogP contribution in [0.15, 0.2) is 29.2 Å². The smallest absolute Gasteiger partial charge is 0.293 e. The van der Waals surface area contributed by atoms with Crippen LogP contribution < -0.4 is 0 Å². The summed E-state index contributed by atoms with van der Waals surface area (Å²) in [7, 11) is -1.58. The number of rotatable bonds is 5. The number of carbonyl (C=O) groups excluding carboxylic acids is 3. The zero-order valence-corrected chi connectivity index (χ0v) is 16.8. The van der Waals surface area contributed by atoms with Crippen molar-refractivity contribution >= 4 is 44.7 Å². The third kappa shape index (κ3) is 4.61. The first-order chi connectivity index (χ1) is 13.2. The van der Waals surface area contributed by atoms with Crippen LogP contribution in [0.5, 0.6) is 0 Å². The van der Waals surface area contributed by atoms with Crippen LogP contribution >= 0.6 is 11.8 Å². The van der Waals surface area contributed by atoms with E-state index in [4.69, 9.17) is 0 Å². The summed E-state index contributed by atoms with van der Waals surface area (Å²) < 4.78 is 36.4. The number of amides is 3. The molecule has 1 aromatic carbocycles. The highest BCUT2D eigenvalue weighted by atomic mass is 32.2. The Balaban J connectivity index is 1.61. The summed E-state index contributed by atoms with van der Waals surface area (Å²) in [5.41, 5.74) is 0.462. The van der Waals surface area contributed by atoms with Gasteiger partial charge in [-0.1, -0.05) is 12.1 Å². The van der Waals surface area contributed by atoms with Gasteiger partial charge in [-0.15, -0.1) is 0 Å². The maximum Gasteiger partial charge on any atom is 0.293 e. The van der Waals surface area contributed by atoms with Gasteiger partial charge in [0.1, 0.15) is 5.82 Å². The Morgan fingerprint density at radius 2 is 2.14 bits per heavy atom. The van der Waals surface area contributed by atoms with E-state index in [1.165, 1.54) is 36.2 Å². The van der Waals surface area contributed by atoms with Crippen LogP contribution in [0.2, 0.25) is 0 Å². The van der Waals surface area contributed by atoms with Gasteiger partial charge in [-0.2, -0.15) is 0 Å². The lowest BCUT2D eigenvalue weighted by molar-refractivity contribution is -0.132. The van der Waals surface area contributed by atoms with Crippen LogP contribution in [0, 0.1) is 5.82 Å². The number of thioether (sulfide) groups is 1. The third-order valence-corrected chi connectivity index (χ3v) is 7.38. The Labute approximate surface area is 166 Å². The van der Waals surface area contributed by atoms with Crippen molar-refractivity contribution in [2.24, 2.45) is 0 Å². The fourth-order valence-electron chi connectivity index (χ4n) is 3.11. The summed E-state index contributed by atoms with van der Waals surface area (Å²) in [6.07, 6.45) is 1.74. The molecule has 0 aliphatic carbocycles. The van der Waals surface area contributed by atoms with Gasteiger partial charge in [0.05, 0.1) is 16.4 Å². The van der Waals surface area contributed by atoms with Crippen molar-refractivity contribution in [2.75, 3.05) is 25.1 Å². The van der Waals surface area contributed by atoms with Gasteiger partial charge in [-0.25, -0.2) is 12.8 Å². The highest BCUT2D eigenvalue weighted by molar-refractivity contribution is 8.18. The summed E-state index contributed by atoms with van der Waals surface area (Å²) >= 11 is 0.739. The molecule has 7 nitrogen and oxygen atoms in total. The lowest BCUT2D eigenvalue weighted by atomic mass is 10.2. The number of carbonyl (C=O) groups is 3. The molecular weight excluding hydrogens is 407 g/mol. The molecule has 150 valence electrons. The van der Waals surface area contributed by atoms with E-state index in [2.05, 4.69) is 0 Å². The SMILES string of the molecule is CN(C(=O)CCN1C(=O)SC(=Cc2cccc(F)c2)C1=O)C1CCS(=O)(=O)C1. The second kappa shape index (κ2) is 8.04. The molecule has 1 atom stereocenters. The number of benzene rings is 1. The van der Waals surface area contributed by atoms with Crippen molar-refractivity contribution in [3.63, 3.8) is 0 Å². The zero-order chi connectivity index (χ0) is 20.5. The van der Waals surface area contributed by atoms with Crippen LogP contribution in [0.4, 0.5) is 9.18 Å². The Bertz CT molecular complexity index is 960. The predicted molar refractivity (Wildman–Crippen MR) is 104 cm³/mol. The van der Waals surface area contributed by atoms with E-state index in [1.54, 1.807) is 6.07 Å². The van der Waals surface area contributed by atoms with Crippen molar-refractivity contribution in [3.05, 3.63) is 40.6 Å². The van der Waals surface area contributed by atoms with E-state index in [-0.39, 0.29) is 41.3 Å². The van der Waals surface area contributed by atoms with E-state index in [1.807, 2.05) is 0 Å². The fourth-order valence-corrected chi connectivity index (χ4v) is 5.75. The Hall–Kier alpha value is -2.20. The van der Waals surface area contributed by atoms with Crippen LogP contribution in [0.25, 0.3) is 6.08 Å². The topological polar surface area (TPSA) is 91.8 Å². The quantitative estimate of drug-likeness (QED) is 0.668. The van der Waals surface area contributed by atoms with Gasteiger partial charge in [0.2, 0.25) is 5.91 Å². The van der Waals surface area contributed by atoms with Gasteiger partial charge < -0.3 is 4.90 Å². The second-order valence-electron chi connectivity index (χ2n) is 6.70.